The van der Waals surface area contributed by atoms with Crippen molar-refractivity contribution in [3.05, 3.63) is 48.6 Å². The maximum atomic E-state index is 12.5. The number of rotatable bonds is 60. The second kappa shape index (κ2) is 62.4. The van der Waals surface area contributed by atoms with Gasteiger partial charge in [0.25, 0.3) is 0 Å². The van der Waals surface area contributed by atoms with Crippen molar-refractivity contribution >= 4 is 11.9 Å². The van der Waals surface area contributed by atoms with Crippen LogP contribution in [0.3, 0.4) is 0 Å². The maximum absolute atomic E-state index is 12.5. The van der Waals surface area contributed by atoms with Gasteiger partial charge in [-0.25, -0.2) is 0 Å². The van der Waals surface area contributed by atoms with Gasteiger partial charge in [-0.05, 0) is 89.9 Å². The smallest absolute Gasteiger partial charge is 0.305 e. The van der Waals surface area contributed by atoms with Crippen LogP contribution in [0.15, 0.2) is 48.6 Å². The van der Waals surface area contributed by atoms with Gasteiger partial charge in [0.2, 0.25) is 5.91 Å². The number of nitrogens with one attached hydrogen (secondary N) is 1. The molecule has 0 aromatic heterocycles. The lowest BCUT2D eigenvalue weighted by Crippen LogP contribution is -2.45. The molecule has 0 aromatic rings. The first-order valence-corrected chi connectivity index (χ1v) is 32.4. The number of aliphatic hydroxyl groups is 2. The van der Waals surface area contributed by atoms with Gasteiger partial charge in [-0.2, -0.15) is 0 Å². The van der Waals surface area contributed by atoms with Gasteiger partial charge < -0.3 is 20.3 Å². The Morgan fingerprint density at radius 3 is 1.08 bits per heavy atom. The van der Waals surface area contributed by atoms with Crippen LogP contribution in [-0.2, 0) is 14.3 Å². The monoisotopic (exact) mass is 1020 g/mol. The number of aliphatic hydroxyl groups excluding tert-OH is 2. The molecule has 0 aliphatic heterocycles. The highest BCUT2D eigenvalue weighted by Crippen LogP contribution is 2.17. The molecule has 0 rings (SSSR count). The summed E-state index contributed by atoms with van der Waals surface area (Å²) >= 11 is 0. The molecule has 0 bridgehead atoms. The molecule has 6 nitrogen and oxygen atoms in total. The van der Waals surface area contributed by atoms with Crippen LogP contribution in [0.4, 0.5) is 0 Å². The van der Waals surface area contributed by atoms with Crippen LogP contribution in [0.5, 0.6) is 0 Å². The highest BCUT2D eigenvalue weighted by molar-refractivity contribution is 5.76. The molecule has 0 heterocycles. The Morgan fingerprint density at radius 1 is 0.384 bits per heavy atom. The van der Waals surface area contributed by atoms with Crippen molar-refractivity contribution in [2.24, 2.45) is 0 Å². The van der Waals surface area contributed by atoms with E-state index in [9.17, 15) is 19.8 Å². The zero-order chi connectivity index (χ0) is 52.9. The van der Waals surface area contributed by atoms with Crippen molar-refractivity contribution in [2.75, 3.05) is 13.2 Å². The fraction of sp³-hybridized carbons (Fsp3) is 0.851. The van der Waals surface area contributed by atoms with Crippen molar-refractivity contribution in [3.8, 4) is 0 Å². The summed E-state index contributed by atoms with van der Waals surface area (Å²) in [5.41, 5.74) is 0. The average Bonchev–Trinajstić information content (AvgIpc) is 3.39. The van der Waals surface area contributed by atoms with E-state index in [4.69, 9.17) is 4.74 Å². The van der Waals surface area contributed by atoms with E-state index < -0.39 is 12.1 Å². The van der Waals surface area contributed by atoms with Gasteiger partial charge in [-0.15, -0.1) is 0 Å². The number of ether oxygens (including phenoxy) is 1. The predicted molar refractivity (Wildman–Crippen MR) is 319 cm³/mol. The minimum Gasteiger partial charge on any atom is -0.466 e. The van der Waals surface area contributed by atoms with Crippen LogP contribution in [0.2, 0.25) is 0 Å². The Balaban J connectivity index is 3.42. The lowest BCUT2D eigenvalue weighted by atomic mass is 10.0. The zero-order valence-electron chi connectivity index (χ0n) is 48.9. The quantitative estimate of drug-likeness (QED) is 0.0320. The highest BCUT2D eigenvalue weighted by atomic mass is 16.5. The third-order valence-corrected chi connectivity index (χ3v) is 14.8. The van der Waals surface area contributed by atoms with Crippen LogP contribution in [0.1, 0.15) is 341 Å². The normalized spacial score (nSPS) is 12.9. The second-order valence-corrected chi connectivity index (χ2v) is 22.1. The lowest BCUT2D eigenvalue weighted by Gasteiger charge is -2.20. The van der Waals surface area contributed by atoms with Gasteiger partial charge in [-0.3, -0.25) is 9.59 Å². The Bertz CT molecular complexity index is 1230. The number of esters is 1. The number of carbonyl (C=O) groups excluding carboxylic acids is 2. The van der Waals surface area contributed by atoms with E-state index in [0.717, 1.165) is 51.4 Å². The Hall–Kier alpha value is -2.18. The molecule has 0 spiro atoms. The topological polar surface area (TPSA) is 95.9 Å². The van der Waals surface area contributed by atoms with Gasteiger partial charge in [0, 0.05) is 12.8 Å². The van der Waals surface area contributed by atoms with Crippen molar-refractivity contribution in [1.29, 1.82) is 0 Å². The second-order valence-electron chi connectivity index (χ2n) is 22.1. The molecule has 0 aliphatic carbocycles. The molecular weight excluding hydrogens is 899 g/mol. The van der Waals surface area contributed by atoms with Crippen LogP contribution >= 0.6 is 0 Å². The minimum absolute atomic E-state index is 0.000330. The van der Waals surface area contributed by atoms with Crippen LogP contribution in [0.25, 0.3) is 0 Å². The molecule has 2 unspecified atom stereocenters. The van der Waals surface area contributed by atoms with Crippen LogP contribution in [0, 0.1) is 0 Å². The summed E-state index contributed by atoms with van der Waals surface area (Å²) in [6.07, 6.45) is 80.2. The number of hydrogen-bond acceptors (Lipinski definition) is 5. The fourth-order valence-corrected chi connectivity index (χ4v) is 9.84. The Kier molecular flexibility index (Phi) is 60.5. The van der Waals surface area contributed by atoms with E-state index in [2.05, 4.69) is 55.6 Å². The van der Waals surface area contributed by atoms with Crippen molar-refractivity contribution in [3.63, 3.8) is 0 Å². The number of allylic oxidation sites excluding steroid dienone is 7. The first-order chi connectivity index (χ1) is 36.0. The highest BCUT2D eigenvalue weighted by Gasteiger charge is 2.18. The Morgan fingerprint density at radius 2 is 0.685 bits per heavy atom. The number of hydrogen-bond donors (Lipinski definition) is 3. The van der Waals surface area contributed by atoms with Crippen molar-refractivity contribution in [2.45, 2.75) is 353 Å². The van der Waals surface area contributed by atoms with E-state index >= 15 is 0 Å². The largest absolute Gasteiger partial charge is 0.466 e. The molecule has 0 fully saturated rings. The van der Waals surface area contributed by atoms with E-state index in [0.29, 0.717) is 19.4 Å². The molecule has 2 atom stereocenters. The average molecular weight is 1020 g/mol. The number of unbranched alkanes of at least 4 members (excludes halogenated alkanes) is 43. The van der Waals surface area contributed by atoms with Crippen molar-refractivity contribution in [1.82, 2.24) is 5.32 Å². The summed E-state index contributed by atoms with van der Waals surface area (Å²) in [5.74, 6) is -0.0693. The first kappa shape index (κ1) is 70.8. The van der Waals surface area contributed by atoms with Gasteiger partial charge in [0.15, 0.2) is 0 Å². The van der Waals surface area contributed by atoms with E-state index in [1.807, 2.05) is 6.08 Å². The molecule has 73 heavy (non-hydrogen) atoms. The third kappa shape index (κ3) is 58.9. The molecule has 1 amide bonds. The van der Waals surface area contributed by atoms with Gasteiger partial charge in [0.05, 0.1) is 25.4 Å². The SMILES string of the molecule is CCCCC/C=C\C/C=C\CCCCCCCC(=O)OCCCCCCCCCCCCCC/C=C\CCCCCCCCCCCCC(=O)NC(CO)C(O)/C=C/CCCCCCCCCCCCCCC. The summed E-state index contributed by atoms with van der Waals surface area (Å²) in [6, 6.07) is -0.630. The third-order valence-electron chi connectivity index (χ3n) is 14.8. The predicted octanol–water partition coefficient (Wildman–Crippen LogP) is 20.5. The number of carbonyl (C=O) groups is 2. The fourth-order valence-electron chi connectivity index (χ4n) is 9.84. The maximum Gasteiger partial charge on any atom is 0.305 e. The van der Waals surface area contributed by atoms with E-state index in [1.54, 1.807) is 6.08 Å². The molecule has 6 heteroatoms. The standard InChI is InChI=1S/C67H125NO5/c1-3-5-7-9-11-13-15-17-31-35-39-43-47-51-55-59-65(70)64(63-69)68-66(71)60-56-52-48-44-40-36-33-29-27-25-23-21-19-20-22-24-26-28-30-34-38-42-46-50-54-58-62-73-67(72)61-57-53-49-45-41-37-32-18-16-14-12-10-8-6-4-2/h12,14,18-19,21,32,55,59,64-65,69-70H,3-11,13,15-17,20,22-31,33-54,56-58,60-63H2,1-2H3,(H,68,71)/b14-12-,21-19-,32-18-,59-55+. The van der Waals surface area contributed by atoms with Crippen molar-refractivity contribution < 1.29 is 24.5 Å². The van der Waals surface area contributed by atoms with Gasteiger partial charge in [-0.1, -0.05) is 287 Å². The molecule has 428 valence electrons. The molecule has 0 saturated heterocycles. The summed E-state index contributed by atoms with van der Waals surface area (Å²) in [7, 11) is 0. The molecular formula is C67H125NO5. The van der Waals surface area contributed by atoms with Gasteiger partial charge in [0.1, 0.15) is 0 Å². The molecule has 3 N–H and O–H groups in total. The van der Waals surface area contributed by atoms with Crippen LogP contribution < -0.4 is 5.32 Å². The first-order valence-electron chi connectivity index (χ1n) is 32.4. The Labute approximate surface area is 455 Å². The summed E-state index contributed by atoms with van der Waals surface area (Å²) < 4.78 is 5.48. The van der Waals surface area contributed by atoms with E-state index in [-0.39, 0.29) is 18.5 Å². The zero-order valence-corrected chi connectivity index (χ0v) is 48.9. The molecule has 0 aliphatic rings. The lowest BCUT2D eigenvalue weighted by molar-refractivity contribution is -0.143. The van der Waals surface area contributed by atoms with E-state index in [1.165, 1.54) is 263 Å². The summed E-state index contributed by atoms with van der Waals surface area (Å²) in [6.45, 7) is 4.88. The van der Waals surface area contributed by atoms with Crippen LogP contribution in [-0.4, -0.2) is 47.4 Å². The molecule has 0 saturated carbocycles. The molecule has 0 radical (unpaired) electrons. The number of amides is 1. The minimum atomic E-state index is -0.846. The summed E-state index contributed by atoms with van der Waals surface area (Å²) in [4.78, 5) is 24.5. The van der Waals surface area contributed by atoms with Gasteiger partial charge >= 0.3 is 5.97 Å². The molecule has 0 aromatic carbocycles. The summed E-state index contributed by atoms with van der Waals surface area (Å²) in [5, 5.41) is 23.1.